The molecule has 1 amide bonds. The summed E-state index contributed by atoms with van der Waals surface area (Å²) in [5.74, 6) is 1.33. The lowest BCUT2D eigenvalue weighted by Gasteiger charge is -2.06. The number of imidazole rings is 2. The normalized spacial score (nSPS) is 11.0. The molecule has 0 aliphatic rings. The number of nitrogens with zero attached hydrogens (tertiary/aromatic N) is 5. The summed E-state index contributed by atoms with van der Waals surface area (Å²) in [4.78, 5) is 25.7. The summed E-state index contributed by atoms with van der Waals surface area (Å²) in [5.41, 5.74) is 1.77. The van der Waals surface area contributed by atoms with Gasteiger partial charge in [0, 0.05) is 18.6 Å². The van der Waals surface area contributed by atoms with Crippen LogP contribution in [-0.4, -0.2) is 36.1 Å². The zero-order chi connectivity index (χ0) is 18.1. The van der Waals surface area contributed by atoms with Gasteiger partial charge in [0.05, 0.1) is 17.4 Å². The highest BCUT2D eigenvalue weighted by Crippen LogP contribution is 2.21. The topological polar surface area (TPSA) is 77.1 Å². The Morgan fingerprint density at radius 3 is 2.73 bits per heavy atom. The molecule has 1 N–H and O–H groups in total. The average molecular weight is 364 g/mol. The van der Waals surface area contributed by atoms with Crippen molar-refractivity contribution in [1.82, 2.24) is 23.9 Å². The van der Waals surface area contributed by atoms with Gasteiger partial charge in [-0.3, -0.25) is 13.8 Å². The zero-order valence-corrected chi connectivity index (χ0v) is 15.1. The predicted octanol–water partition coefficient (Wildman–Crippen LogP) is 3.20. The van der Waals surface area contributed by atoms with Gasteiger partial charge in [0.25, 0.3) is 5.91 Å². The zero-order valence-electron chi connectivity index (χ0n) is 14.2. The van der Waals surface area contributed by atoms with Crippen LogP contribution in [0.2, 0.25) is 0 Å². The van der Waals surface area contributed by atoms with E-state index in [1.165, 1.54) is 11.8 Å². The number of hydrogen-bond donors (Lipinski definition) is 1. The van der Waals surface area contributed by atoms with Crippen LogP contribution in [0.25, 0.3) is 11.3 Å². The molecule has 0 unspecified atom stereocenters. The number of anilines is 1. The van der Waals surface area contributed by atoms with Gasteiger partial charge in [-0.1, -0.05) is 17.8 Å². The largest absolute Gasteiger partial charge is 0.319 e. The van der Waals surface area contributed by atoms with Crippen LogP contribution in [-0.2, 0) is 0 Å². The van der Waals surface area contributed by atoms with Crippen LogP contribution in [0.3, 0.4) is 0 Å². The summed E-state index contributed by atoms with van der Waals surface area (Å²) < 4.78 is 3.78. The number of rotatable bonds is 4. The van der Waals surface area contributed by atoms with Crippen LogP contribution in [0.4, 0.5) is 5.69 Å². The molecule has 8 heteroatoms. The highest BCUT2D eigenvalue weighted by Gasteiger charge is 2.17. The van der Waals surface area contributed by atoms with E-state index in [2.05, 4.69) is 20.3 Å². The Hall–Kier alpha value is -3.13. The Bertz CT molecular complexity index is 1080. The first kappa shape index (κ1) is 16.3. The molecule has 0 aliphatic heterocycles. The highest BCUT2D eigenvalue weighted by molar-refractivity contribution is 7.98. The fraction of sp³-hybridized carbons (Fsp3) is 0.111. The van der Waals surface area contributed by atoms with Gasteiger partial charge in [-0.15, -0.1) is 0 Å². The van der Waals surface area contributed by atoms with Crippen molar-refractivity contribution in [3.05, 3.63) is 66.6 Å². The second-order valence-corrected chi connectivity index (χ2v) is 6.38. The molecule has 0 aromatic carbocycles. The summed E-state index contributed by atoms with van der Waals surface area (Å²) in [6, 6.07) is 9.33. The Balaban J connectivity index is 1.60. The number of nitrogens with one attached hydrogen (secondary N) is 1. The van der Waals surface area contributed by atoms with E-state index >= 15 is 0 Å². The highest BCUT2D eigenvalue weighted by atomic mass is 32.2. The first-order chi connectivity index (χ1) is 12.7. The number of amides is 1. The number of aromatic nitrogens is 5. The van der Waals surface area contributed by atoms with E-state index < -0.39 is 0 Å². The van der Waals surface area contributed by atoms with Crippen molar-refractivity contribution >= 4 is 28.9 Å². The van der Waals surface area contributed by atoms with E-state index in [4.69, 9.17) is 0 Å². The fourth-order valence-electron chi connectivity index (χ4n) is 2.73. The van der Waals surface area contributed by atoms with Crippen molar-refractivity contribution in [3.63, 3.8) is 0 Å². The third-order valence-corrected chi connectivity index (χ3v) is 4.65. The van der Waals surface area contributed by atoms with Crippen LogP contribution in [0.15, 0.2) is 60.3 Å². The molecular weight excluding hydrogens is 348 g/mol. The molecular formula is C18H16N6OS. The summed E-state index contributed by atoms with van der Waals surface area (Å²) in [6.45, 7) is 1.91. The van der Waals surface area contributed by atoms with Crippen LogP contribution < -0.4 is 5.32 Å². The van der Waals surface area contributed by atoms with Gasteiger partial charge in [-0.2, -0.15) is 0 Å². The molecule has 4 rings (SSSR count). The van der Waals surface area contributed by atoms with Gasteiger partial charge in [-0.25, -0.2) is 15.0 Å². The van der Waals surface area contributed by atoms with E-state index in [1.807, 2.05) is 64.9 Å². The van der Waals surface area contributed by atoms with E-state index in [9.17, 15) is 4.79 Å². The third-order valence-electron chi connectivity index (χ3n) is 3.99. The number of carbonyl (C=O) groups is 1. The molecule has 7 nitrogen and oxygen atoms in total. The van der Waals surface area contributed by atoms with Gasteiger partial charge < -0.3 is 5.32 Å². The first-order valence-corrected chi connectivity index (χ1v) is 9.18. The van der Waals surface area contributed by atoms with Crippen LogP contribution in [0.5, 0.6) is 0 Å². The van der Waals surface area contributed by atoms with Crippen LogP contribution in [0, 0.1) is 6.92 Å². The van der Waals surface area contributed by atoms with Crippen LogP contribution >= 0.6 is 11.8 Å². The lowest BCUT2D eigenvalue weighted by Crippen LogP contribution is -2.13. The first-order valence-electron chi connectivity index (χ1n) is 7.96. The maximum Gasteiger partial charge on any atom is 0.276 e. The minimum atomic E-state index is -0.262. The van der Waals surface area contributed by atoms with Gasteiger partial charge in [0.1, 0.15) is 11.6 Å². The average Bonchev–Trinajstić information content (AvgIpc) is 3.26. The SMILES string of the molecule is CSc1nc(C(=O)Nc2ccc(-n3ccnc3C)nc2)c2ccccn12. The van der Waals surface area contributed by atoms with Crippen molar-refractivity contribution in [1.29, 1.82) is 0 Å². The standard InChI is InChI=1S/C18H16N6OS/c1-12-19-8-10-23(12)15-7-6-13(11-20-15)21-17(25)16-14-5-3-4-9-24(14)18(22-16)26-2/h3-11H,1-2H3,(H,21,25). The summed E-state index contributed by atoms with van der Waals surface area (Å²) in [7, 11) is 0. The smallest absolute Gasteiger partial charge is 0.276 e. The summed E-state index contributed by atoms with van der Waals surface area (Å²) in [6.07, 6.45) is 9.02. The molecule has 130 valence electrons. The molecule has 0 radical (unpaired) electrons. The third kappa shape index (κ3) is 2.84. The molecule has 4 aromatic heterocycles. The molecule has 0 saturated heterocycles. The summed E-state index contributed by atoms with van der Waals surface area (Å²) >= 11 is 1.50. The molecule has 4 aromatic rings. The minimum Gasteiger partial charge on any atom is -0.319 e. The van der Waals surface area contributed by atoms with Crippen molar-refractivity contribution in [2.45, 2.75) is 12.1 Å². The lowest BCUT2D eigenvalue weighted by molar-refractivity contribution is 0.102. The van der Waals surface area contributed by atoms with Crippen molar-refractivity contribution in [2.24, 2.45) is 0 Å². The second kappa shape index (κ2) is 6.64. The second-order valence-electron chi connectivity index (χ2n) is 5.61. The Morgan fingerprint density at radius 2 is 2.04 bits per heavy atom. The number of thioether (sulfide) groups is 1. The molecule has 0 aliphatic carbocycles. The maximum atomic E-state index is 12.7. The van der Waals surface area contributed by atoms with E-state index in [1.54, 1.807) is 12.4 Å². The maximum absolute atomic E-state index is 12.7. The molecule has 0 spiro atoms. The van der Waals surface area contributed by atoms with Gasteiger partial charge in [0.2, 0.25) is 0 Å². The fourth-order valence-corrected chi connectivity index (χ4v) is 3.27. The molecule has 0 saturated carbocycles. The van der Waals surface area contributed by atoms with Crippen LogP contribution in [0.1, 0.15) is 16.3 Å². The molecule has 4 heterocycles. The number of hydrogen-bond acceptors (Lipinski definition) is 5. The monoisotopic (exact) mass is 364 g/mol. The van der Waals surface area contributed by atoms with E-state index in [0.29, 0.717) is 11.4 Å². The Kier molecular flexibility index (Phi) is 4.18. The predicted molar refractivity (Wildman–Crippen MR) is 101 cm³/mol. The van der Waals surface area contributed by atoms with Gasteiger partial charge >= 0.3 is 0 Å². The number of pyridine rings is 2. The molecule has 0 bridgehead atoms. The quantitative estimate of drug-likeness (QED) is 0.563. The van der Waals surface area contributed by atoms with Crippen molar-refractivity contribution < 1.29 is 4.79 Å². The van der Waals surface area contributed by atoms with Crippen molar-refractivity contribution in [3.8, 4) is 5.82 Å². The van der Waals surface area contributed by atoms with Gasteiger partial charge in [-0.05, 0) is 37.4 Å². The molecule has 0 fully saturated rings. The number of fused-ring (bicyclic) bond motifs is 1. The minimum absolute atomic E-state index is 0.262. The Morgan fingerprint density at radius 1 is 1.15 bits per heavy atom. The molecule has 26 heavy (non-hydrogen) atoms. The number of aryl methyl sites for hydroxylation is 1. The molecule has 0 atom stereocenters. The lowest BCUT2D eigenvalue weighted by atomic mass is 10.3. The summed E-state index contributed by atoms with van der Waals surface area (Å²) in [5, 5.41) is 3.64. The van der Waals surface area contributed by atoms with E-state index in [-0.39, 0.29) is 5.91 Å². The Labute approximate surface area is 154 Å². The number of carbonyl (C=O) groups excluding carboxylic acids is 1. The van der Waals surface area contributed by atoms with Gasteiger partial charge in [0.15, 0.2) is 10.9 Å². The van der Waals surface area contributed by atoms with E-state index in [0.717, 1.165) is 22.3 Å². The van der Waals surface area contributed by atoms with Crippen molar-refractivity contribution in [2.75, 3.05) is 11.6 Å².